The summed E-state index contributed by atoms with van der Waals surface area (Å²) in [6.07, 6.45) is -4.25. The molecule has 7 heteroatoms. The predicted octanol–water partition coefficient (Wildman–Crippen LogP) is 2.65. The van der Waals surface area contributed by atoms with Crippen molar-refractivity contribution in [1.29, 1.82) is 0 Å². The highest BCUT2D eigenvalue weighted by molar-refractivity contribution is 5.31. The number of aromatic nitrogens is 2. The molecular formula is C14H15F3N2O2. The van der Waals surface area contributed by atoms with E-state index in [2.05, 4.69) is 5.10 Å². The van der Waals surface area contributed by atoms with E-state index >= 15 is 0 Å². The molecule has 2 rings (SSSR count). The summed E-state index contributed by atoms with van der Waals surface area (Å²) in [5.41, 5.74) is -0.0577. The van der Waals surface area contributed by atoms with Gasteiger partial charge in [0, 0.05) is 6.20 Å². The molecule has 1 aromatic heterocycles. The van der Waals surface area contributed by atoms with Gasteiger partial charge in [-0.05, 0) is 24.6 Å². The Morgan fingerprint density at radius 1 is 1.29 bits per heavy atom. The van der Waals surface area contributed by atoms with E-state index in [0.29, 0.717) is 5.75 Å². The first-order chi connectivity index (χ1) is 9.86. The third-order valence-corrected chi connectivity index (χ3v) is 2.85. The van der Waals surface area contributed by atoms with Crippen molar-refractivity contribution >= 4 is 0 Å². The first-order valence-electron chi connectivity index (χ1n) is 6.33. The number of rotatable bonds is 5. The third kappa shape index (κ3) is 4.22. The molecule has 0 amide bonds. The Morgan fingerprint density at radius 2 is 2.00 bits per heavy atom. The Kier molecular flexibility index (Phi) is 4.52. The summed E-state index contributed by atoms with van der Waals surface area (Å²) in [5.74, 6) is 0.632. The molecule has 0 aliphatic rings. The molecule has 1 heterocycles. The van der Waals surface area contributed by atoms with Crippen LogP contribution in [0, 0.1) is 6.92 Å². The number of ether oxygens (including phenoxy) is 1. The maximum atomic E-state index is 12.4. The van der Waals surface area contributed by atoms with Crippen LogP contribution >= 0.6 is 0 Å². The third-order valence-electron chi connectivity index (χ3n) is 2.85. The standard InChI is InChI=1S/C14H15F3N2O2/c1-10-4-2-3-5-12(10)21-9-11(20)8-19-7-6-13(18-19)14(15,16)17/h2-7,11,20H,8-9H2,1H3. The smallest absolute Gasteiger partial charge is 0.435 e. The Balaban J connectivity index is 1.89. The summed E-state index contributed by atoms with van der Waals surface area (Å²) in [5, 5.41) is 13.2. The van der Waals surface area contributed by atoms with E-state index in [0.717, 1.165) is 16.3 Å². The van der Waals surface area contributed by atoms with Gasteiger partial charge >= 0.3 is 6.18 Å². The molecule has 0 saturated carbocycles. The second kappa shape index (κ2) is 6.17. The van der Waals surface area contributed by atoms with Gasteiger partial charge in [-0.25, -0.2) is 0 Å². The molecule has 1 unspecified atom stereocenters. The zero-order chi connectivity index (χ0) is 15.5. The number of halogens is 3. The second-order valence-electron chi connectivity index (χ2n) is 4.65. The van der Waals surface area contributed by atoms with Crippen LogP contribution < -0.4 is 4.74 Å². The molecule has 114 valence electrons. The van der Waals surface area contributed by atoms with E-state index in [1.807, 2.05) is 19.1 Å². The van der Waals surface area contributed by atoms with Crippen LogP contribution in [-0.4, -0.2) is 27.6 Å². The molecular weight excluding hydrogens is 285 g/mol. The zero-order valence-corrected chi connectivity index (χ0v) is 11.3. The molecule has 0 aliphatic carbocycles. The molecule has 1 N–H and O–H groups in total. The van der Waals surface area contributed by atoms with E-state index in [9.17, 15) is 18.3 Å². The quantitative estimate of drug-likeness (QED) is 0.923. The van der Waals surface area contributed by atoms with Gasteiger partial charge in [-0.3, -0.25) is 4.68 Å². The number of alkyl halides is 3. The van der Waals surface area contributed by atoms with Gasteiger partial charge in [0.1, 0.15) is 18.5 Å². The van der Waals surface area contributed by atoms with E-state index < -0.39 is 18.0 Å². The molecule has 0 aliphatic heterocycles. The monoisotopic (exact) mass is 300 g/mol. The minimum atomic E-state index is -4.48. The number of para-hydroxylation sites is 1. The highest BCUT2D eigenvalue weighted by Gasteiger charge is 2.33. The Labute approximate surface area is 119 Å². The lowest BCUT2D eigenvalue weighted by Crippen LogP contribution is -2.24. The Morgan fingerprint density at radius 3 is 2.62 bits per heavy atom. The minimum Gasteiger partial charge on any atom is -0.491 e. The number of aliphatic hydroxyl groups is 1. The average Bonchev–Trinajstić information content (AvgIpc) is 2.86. The van der Waals surface area contributed by atoms with Crippen LogP contribution in [0.3, 0.4) is 0 Å². The second-order valence-corrected chi connectivity index (χ2v) is 4.65. The van der Waals surface area contributed by atoms with Gasteiger partial charge in [0.2, 0.25) is 0 Å². The molecule has 4 nitrogen and oxygen atoms in total. The zero-order valence-electron chi connectivity index (χ0n) is 11.3. The van der Waals surface area contributed by atoms with Crippen LogP contribution in [0.15, 0.2) is 36.5 Å². The molecule has 1 aromatic carbocycles. The molecule has 0 spiro atoms. The number of benzene rings is 1. The summed E-state index contributed by atoms with van der Waals surface area (Å²) in [6, 6.07) is 8.16. The average molecular weight is 300 g/mol. The number of hydrogen-bond acceptors (Lipinski definition) is 3. The predicted molar refractivity (Wildman–Crippen MR) is 69.9 cm³/mol. The Bertz CT molecular complexity index is 596. The number of nitrogens with zero attached hydrogens (tertiary/aromatic N) is 2. The van der Waals surface area contributed by atoms with Crippen LogP contribution in [0.5, 0.6) is 5.75 Å². The van der Waals surface area contributed by atoms with E-state index in [1.165, 1.54) is 6.20 Å². The summed E-state index contributed by atoms with van der Waals surface area (Å²) in [7, 11) is 0. The number of aryl methyl sites for hydroxylation is 1. The van der Waals surface area contributed by atoms with Gasteiger partial charge in [0.15, 0.2) is 5.69 Å². The van der Waals surface area contributed by atoms with Crippen molar-refractivity contribution in [2.24, 2.45) is 0 Å². The largest absolute Gasteiger partial charge is 0.491 e. The molecule has 21 heavy (non-hydrogen) atoms. The van der Waals surface area contributed by atoms with Crippen molar-refractivity contribution in [2.75, 3.05) is 6.61 Å². The van der Waals surface area contributed by atoms with Crippen LogP contribution in [0.1, 0.15) is 11.3 Å². The van der Waals surface area contributed by atoms with E-state index in [-0.39, 0.29) is 13.2 Å². The van der Waals surface area contributed by atoms with Gasteiger partial charge in [-0.1, -0.05) is 18.2 Å². The van der Waals surface area contributed by atoms with Crippen LogP contribution in [0.2, 0.25) is 0 Å². The topological polar surface area (TPSA) is 47.3 Å². The molecule has 0 fully saturated rings. The van der Waals surface area contributed by atoms with Crippen molar-refractivity contribution in [3.8, 4) is 5.75 Å². The lowest BCUT2D eigenvalue weighted by atomic mass is 10.2. The summed E-state index contributed by atoms with van der Waals surface area (Å²) < 4.78 is 43.7. The first kappa shape index (κ1) is 15.4. The molecule has 0 bridgehead atoms. The van der Waals surface area contributed by atoms with Crippen LogP contribution in [-0.2, 0) is 12.7 Å². The maximum Gasteiger partial charge on any atom is 0.435 e. The SMILES string of the molecule is Cc1ccccc1OCC(O)Cn1ccc(C(F)(F)F)n1. The fourth-order valence-corrected chi connectivity index (χ4v) is 1.79. The maximum absolute atomic E-state index is 12.4. The lowest BCUT2D eigenvalue weighted by molar-refractivity contribution is -0.141. The van der Waals surface area contributed by atoms with E-state index in [1.54, 1.807) is 12.1 Å². The van der Waals surface area contributed by atoms with Gasteiger partial charge < -0.3 is 9.84 Å². The fourth-order valence-electron chi connectivity index (χ4n) is 1.79. The summed E-state index contributed by atoms with van der Waals surface area (Å²) in [6.45, 7) is 1.78. The first-order valence-corrected chi connectivity index (χ1v) is 6.33. The minimum absolute atomic E-state index is 0.0218. The van der Waals surface area contributed by atoms with Crippen molar-refractivity contribution in [1.82, 2.24) is 9.78 Å². The van der Waals surface area contributed by atoms with Crippen LogP contribution in [0.25, 0.3) is 0 Å². The lowest BCUT2D eigenvalue weighted by Gasteiger charge is -2.13. The van der Waals surface area contributed by atoms with Crippen LogP contribution in [0.4, 0.5) is 13.2 Å². The number of hydrogen-bond donors (Lipinski definition) is 1. The van der Waals surface area contributed by atoms with Crippen molar-refractivity contribution in [2.45, 2.75) is 25.7 Å². The van der Waals surface area contributed by atoms with Crippen molar-refractivity contribution in [3.63, 3.8) is 0 Å². The molecule has 2 aromatic rings. The van der Waals surface area contributed by atoms with Gasteiger partial charge in [-0.15, -0.1) is 0 Å². The molecule has 1 atom stereocenters. The van der Waals surface area contributed by atoms with Crippen molar-refractivity contribution < 1.29 is 23.0 Å². The van der Waals surface area contributed by atoms with Gasteiger partial charge in [-0.2, -0.15) is 18.3 Å². The van der Waals surface area contributed by atoms with E-state index in [4.69, 9.17) is 4.74 Å². The molecule has 0 saturated heterocycles. The van der Waals surface area contributed by atoms with Gasteiger partial charge in [0.25, 0.3) is 0 Å². The highest BCUT2D eigenvalue weighted by Crippen LogP contribution is 2.27. The van der Waals surface area contributed by atoms with Crippen molar-refractivity contribution in [3.05, 3.63) is 47.8 Å². The summed E-state index contributed by atoms with van der Waals surface area (Å²) in [4.78, 5) is 0. The Hall–Kier alpha value is -2.02. The highest BCUT2D eigenvalue weighted by atomic mass is 19.4. The fraction of sp³-hybridized carbons (Fsp3) is 0.357. The molecule has 0 radical (unpaired) electrons. The normalized spacial score (nSPS) is 13.2. The summed E-state index contributed by atoms with van der Waals surface area (Å²) >= 11 is 0. The van der Waals surface area contributed by atoms with Gasteiger partial charge in [0.05, 0.1) is 6.54 Å². The number of aliphatic hydroxyl groups excluding tert-OH is 1.